The molecule has 1 heterocycles. The second kappa shape index (κ2) is 5.35. The molecule has 3 aliphatic rings. The lowest BCUT2D eigenvalue weighted by Crippen LogP contribution is -2.20. The molecule has 0 atom stereocenters. The molecule has 2 aliphatic carbocycles. The highest BCUT2D eigenvalue weighted by atomic mass is 35.5. The molecule has 0 radical (unpaired) electrons. The molecule has 0 unspecified atom stereocenters. The highest BCUT2D eigenvalue weighted by molar-refractivity contribution is 6.32. The third-order valence-corrected chi connectivity index (χ3v) is 4.58. The van der Waals surface area contributed by atoms with Crippen LogP contribution in [-0.4, -0.2) is 15.6 Å². The van der Waals surface area contributed by atoms with Crippen molar-refractivity contribution >= 4 is 23.3 Å². The summed E-state index contributed by atoms with van der Waals surface area (Å²) in [7, 11) is 0. The molecule has 0 aromatic heterocycles. The van der Waals surface area contributed by atoms with E-state index in [1.165, 1.54) is 4.57 Å². The van der Waals surface area contributed by atoms with Crippen molar-refractivity contribution in [1.82, 2.24) is 4.57 Å². The number of hydrogen-bond donors (Lipinski definition) is 1. The first-order valence-electron chi connectivity index (χ1n) is 7.45. The molecular formula is C19H12ClNO3. The number of carboxylic acids is 1. The van der Waals surface area contributed by atoms with E-state index in [0.717, 1.165) is 11.1 Å². The van der Waals surface area contributed by atoms with Crippen molar-refractivity contribution in [2.75, 3.05) is 0 Å². The first-order valence-corrected chi connectivity index (χ1v) is 7.82. The summed E-state index contributed by atoms with van der Waals surface area (Å²) in [5.41, 5.74) is 2.67. The molecule has 0 saturated heterocycles. The Hall–Kier alpha value is -2.85. The van der Waals surface area contributed by atoms with Crippen LogP contribution in [0, 0.1) is 0 Å². The van der Waals surface area contributed by atoms with Gasteiger partial charge in [0.25, 0.3) is 5.56 Å². The van der Waals surface area contributed by atoms with Crippen LogP contribution >= 0.6 is 11.6 Å². The van der Waals surface area contributed by atoms with Gasteiger partial charge in [-0.05, 0) is 24.1 Å². The number of nitrogens with zero attached hydrogens (tertiary/aromatic N) is 1. The van der Waals surface area contributed by atoms with Gasteiger partial charge in [0.15, 0.2) is 0 Å². The average molecular weight is 338 g/mol. The minimum absolute atomic E-state index is 0.220. The summed E-state index contributed by atoms with van der Waals surface area (Å²) in [4.78, 5) is 24.5. The summed E-state index contributed by atoms with van der Waals surface area (Å²) in [6.07, 6.45) is 2.57. The molecule has 1 aliphatic heterocycles. The van der Waals surface area contributed by atoms with Crippen LogP contribution in [0.5, 0.6) is 0 Å². The number of fused-ring (bicyclic) bond motifs is 2. The largest absolute Gasteiger partial charge is 0.477 e. The molecule has 0 amide bonds. The van der Waals surface area contributed by atoms with Gasteiger partial charge in [-0.3, -0.25) is 9.36 Å². The average Bonchev–Trinajstić information content (AvgIpc) is 2.98. The SMILES string of the molecule is O=C(O)c1c2cccccc-2n(C2=CCc3cccc(Cl)c32)c1=O. The van der Waals surface area contributed by atoms with E-state index in [2.05, 4.69) is 0 Å². The second-order valence-electron chi connectivity index (χ2n) is 5.60. The quantitative estimate of drug-likeness (QED) is 0.774. The summed E-state index contributed by atoms with van der Waals surface area (Å²) in [5.74, 6) is -1.23. The van der Waals surface area contributed by atoms with Crippen molar-refractivity contribution in [3.05, 3.63) is 86.7 Å². The first-order chi connectivity index (χ1) is 11.6. The second-order valence-corrected chi connectivity index (χ2v) is 6.00. The molecule has 0 saturated carbocycles. The maximum Gasteiger partial charge on any atom is 0.342 e. The van der Waals surface area contributed by atoms with Crippen LogP contribution in [0.4, 0.5) is 0 Å². The van der Waals surface area contributed by atoms with Crippen molar-refractivity contribution in [2.45, 2.75) is 6.42 Å². The van der Waals surface area contributed by atoms with E-state index in [9.17, 15) is 14.7 Å². The Labute approximate surface area is 142 Å². The normalized spacial score (nSPS) is 13.0. The fraction of sp³-hybridized carbons (Fsp3) is 0.0526. The molecule has 0 fully saturated rings. The van der Waals surface area contributed by atoms with Crippen molar-refractivity contribution in [3.63, 3.8) is 0 Å². The molecule has 1 aromatic rings. The lowest BCUT2D eigenvalue weighted by atomic mass is 10.1. The third kappa shape index (κ3) is 2.00. The number of carboxylic acid groups (broad SMARTS) is 1. The Morgan fingerprint density at radius 3 is 2.67 bits per heavy atom. The molecule has 4 rings (SSSR count). The molecule has 24 heavy (non-hydrogen) atoms. The number of carbonyl (C=O) groups is 1. The Bertz CT molecular complexity index is 1050. The topological polar surface area (TPSA) is 59.3 Å². The third-order valence-electron chi connectivity index (χ3n) is 4.27. The summed E-state index contributed by atoms with van der Waals surface area (Å²) >= 11 is 6.34. The van der Waals surface area contributed by atoms with Crippen molar-refractivity contribution in [3.8, 4) is 11.3 Å². The molecule has 1 aromatic carbocycles. The van der Waals surface area contributed by atoms with Crippen molar-refractivity contribution < 1.29 is 9.90 Å². The van der Waals surface area contributed by atoms with Crippen LogP contribution in [0.1, 0.15) is 21.5 Å². The van der Waals surface area contributed by atoms with E-state index in [4.69, 9.17) is 11.6 Å². The number of halogens is 1. The maximum absolute atomic E-state index is 12.8. The van der Waals surface area contributed by atoms with Crippen LogP contribution in [-0.2, 0) is 6.42 Å². The van der Waals surface area contributed by atoms with E-state index in [-0.39, 0.29) is 5.56 Å². The zero-order valence-corrected chi connectivity index (χ0v) is 13.2. The smallest absolute Gasteiger partial charge is 0.342 e. The Kier molecular flexibility index (Phi) is 3.28. The highest BCUT2D eigenvalue weighted by Gasteiger charge is 2.29. The monoisotopic (exact) mass is 337 g/mol. The molecule has 0 spiro atoms. The molecule has 5 heteroatoms. The van der Waals surface area contributed by atoms with Gasteiger partial charge in [-0.1, -0.05) is 54.1 Å². The zero-order valence-electron chi connectivity index (χ0n) is 12.5. The Morgan fingerprint density at radius 1 is 1.08 bits per heavy atom. The fourth-order valence-electron chi connectivity index (χ4n) is 3.26. The maximum atomic E-state index is 12.8. The summed E-state index contributed by atoms with van der Waals surface area (Å²) in [6, 6.07) is 14.3. The fourth-order valence-corrected chi connectivity index (χ4v) is 3.55. The van der Waals surface area contributed by atoms with Crippen LogP contribution in [0.3, 0.4) is 0 Å². The van der Waals surface area contributed by atoms with Gasteiger partial charge in [0.1, 0.15) is 5.56 Å². The summed E-state index contributed by atoms with van der Waals surface area (Å²) in [6.45, 7) is 0. The highest BCUT2D eigenvalue weighted by Crippen LogP contribution is 2.37. The van der Waals surface area contributed by atoms with Crippen LogP contribution in [0.25, 0.3) is 17.0 Å². The number of aromatic carboxylic acids is 1. The van der Waals surface area contributed by atoms with Gasteiger partial charge in [-0.15, -0.1) is 0 Å². The van der Waals surface area contributed by atoms with Crippen LogP contribution in [0.15, 0.2) is 59.4 Å². The lowest BCUT2D eigenvalue weighted by Gasteiger charge is -2.11. The van der Waals surface area contributed by atoms with Gasteiger partial charge in [-0.2, -0.15) is 0 Å². The van der Waals surface area contributed by atoms with Gasteiger partial charge < -0.3 is 5.11 Å². The number of aromatic nitrogens is 1. The zero-order chi connectivity index (χ0) is 16.8. The molecule has 118 valence electrons. The number of allylic oxidation sites excluding steroid dienone is 1. The van der Waals surface area contributed by atoms with E-state index >= 15 is 0 Å². The Balaban J connectivity index is 2.07. The van der Waals surface area contributed by atoms with E-state index in [1.807, 2.05) is 18.2 Å². The van der Waals surface area contributed by atoms with Gasteiger partial charge in [0.2, 0.25) is 0 Å². The minimum atomic E-state index is -1.23. The molecule has 1 N–H and O–H groups in total. The number of benzene rings is 1. The minimum Gasteiger partial charge on any atom is -0.477 e. The predicted molar refractivity (Wildman–Crippen MR) is 92.8 cm³/mol. The van der Waals surface area contributed by atoms with Crippen molar-refractivity contribution in [1.29, 1.82) is 0 Å². The molecular weight excluding hydrogens is 326 g/mol. The van der Waals surface area contributed by atoms with Gasteiger partial charge in [0, 0.05) is 11.1 Å². The van der Waals surface area contributed by atoms with Crippen molar-refractivity contribution in [2.24, 2.45) is 0 Å². The first kappa shape index (κ1) is 14.7. The van der Waals surface area contributed by atoms with Gasteiger partial charge in [0.05, 0.1) is 16.4 Å². The number of hydrogen-bond acceptors (Lipinski definition) is 2. The van der Waals surface area contributed by atoms with Gasteiger partial charge >= 0.3 is 5.97 Å². The summed E-state index contributed by atoms with van der Waals surface area (Å²) < 4.78 is 1.45. The van der Waals surface area contributed by atoms with E-state index in [1.54, 1.807) is 36.4 Å². The van der Waals surface area contributed by atoms with E-state index < -0.39 is 11.5 Å². The Morgan fingerprint density at radius 2 is 1.88 bits per heavy atom. The summed E-state index contributed by atoms with van der Waals surface area (Å²) in [5, 5.41) is 10.0. The molecule has 4 nitrogen and oxygen atoms in total. The number of rotatable bonds is 2. The van der Waals surface area contributed by atoms with Gasteiger partial charge in [-0.25, -0.2) is 4.79 Å². The van der Waals surface area contributed by atoms with Crippen LogP contribution in [0.2, 0.25) is 5.02 Å². The predicted octanol–water partition coefficient (Wildman–Crippen LogP) is 3.75. The van der Waals surface area contributed by atoms with Crippen LogP contribution < -0.4 is 5.56 Å². The standard InChI is InChI=1S/C19H12ClNO3/c20-13-7-4-5-11-9-10-15(16(11)13)21-14-8-3-1-2-6-12(14)17(18(21)22)19(23)24/h1-8,10H,9H2,(H,23,24). The lowest BCUT2D eigenvalue weighted by molar-refractivity contribution is 0.0696. The van der Waals surface area contributed by atoms with E-state index in [0.29, 0.717) is 28.4 Å². The molecule has 0 bridgehead atoms.